The number of benzene rings is 1. The van der Waals surface area contributed by atoms with Crippen LogP contribution in [0.25, 0.3) is 0 Å². The molecule has 0 bridgehead atoms. The Labute approximate surface area is 135 Å². The molecule has 1 aromatic heterocycles. The van der Waals surface area contributed by atoms with Gasteiger partial charge in [-0.1, -0.05) is 23.5 Å². The molecule has 0 saturated carbocycles. The third-order valence-electron chi connectivity index (χ3n) is 2.84. The zero-order chi connectivity index (χ0) is 17.0. The van der Waals surface area contributed by atoms with Crippen LogP contribution in [0.4, 0.5) is 18.3 Å². The Bertz CT molecular complexity index is 685. The number of amides is 1. The minimum absolute atomic E-state index is 0.0865. The molecular weight excluding hydrogens is 329 g/mol. The third kappa shape index (κ3) is 5.20. The molecule has 0 atom stereocenters. The van der Waals surface area contributed by atoms with Gasteiger partial charge in [0.25, 0.3) is 5.91 Å². The summed E-state index contributed by atoms with van der Waals surface area (Å²) in [5.74, 6) is -0.116. The minimum atomic E-state index is -4.29. The van der Waals surface area contributed by atoms with E-state index in [1.807, 2.05) is 6.07 Å². The van der Waals surface area contributed by atoms with Gasteiger partial charge in [0, 0.05) is 26.2 Å². The molecule has 9 heteroatoms. The SMILES string of the molecule is CN(C)C(=O)c1cccc(CNc2nnc(CC(F)(F)F)s2)c1. The van der Waals surface area contributed by atoms with Crippen LogP contribution in [0.15, 0.2) is 24.3 Å². The summed E-state index contributed by atoms with van der Waals surface area (Å²) >= 11 is 0.866. The second-order valence-corrected chi connectivity index (χ2v) is 6.11. The maximum Gasteiger partial charge on any atom is 0.395 e. The number of carbonyl (C=O) groups excluding carboxylic acids is 1. The number of hydrogen-bond acceptors (Lipinski definition) is 5. The average molecular weight is 344 g/mol. The fourth-order valence-electron chi connectivity index (χ4n) is 1.82. The first kappa shape index (κ1) is 17.2. The molecule has 1 aromatic carbocycles. The van der Waals surface area contributed by atoms with Crippen LogP contribution in [-0.2, 0) is 13.0 Å². The van der Waals surface area contributed by atoms with Crippen LogP contribution >= 0.6 is 11.3 Å². The maximum absolute atomic E-state index is 12.3. The number of nitrogens with one attached hydrogen (secondary N) is 1. The molecule has 0 aliphatic carbocycles. The van der Waals surface area contributed by atoms with Crippen LogP contribution in [0.3, 0.4) is 0 Å². The summed E-state index contributed by atoms with van der Waals surface area (Å²) in [6.45, 7) is 0.342. The standard InChI is InChI=1S/C14H15F3N4OS/c1-21(2)12(22)10-5-3-4-9(6-10)8-18-13-20-19-11(23-13)7-14(15,16)17/h3-6H,7-8H2,1-2H3,(H,18,20). The molecule has 1 heterocycles. The van der Waals surface area contributed by atoms with Gasteiger partial charge in [-0.3, -0.25) is 4.79 Å². The highest BCUT2D eigenvalue weighted by atomic mass is 32.1. The Morgan fingerprint density at radius 2 is 2.04 bits per heavy atom. The lowest BCUT2D eigenvalue weighted by molar-refractivity contribution is -0.127. The zero-order valence-corrected chi connectivity index (χ0v) is 13.3. The fraction of sp³-hybridized carbons (Fsp3) is 0.357. The van der Waals surface area contributed by atoms with Gasteiger partial charge < -0.3 is 10.2 Å². The van der Waals surface area contributed by atoms with E-state index in [4.69, 9.17) is 0 Å². The normalized spacial score (nSPS) is 11.3. The molecule has 2 aromatic rings. The summed E-state index contributed by atoms with van der Waals surface area (Å²) in [7, 11) is 3.33. The second-order valence-electron chi connectivity index (χ2n) is 5.05. The monoisotopic (exact) mass is 344 g/mol. The van der Waals surface area contributed by atoms with Crippen LogP contribution in [-0.4, -0.2) is 41.3 Å². The molecule has 0 aliphatic heterocycles. The first-order valence-corrected chi connectivity index (χ1v) is 7.50. The van der Waals surface area contributed by atoms with E-state index in [1.54, 1.807) is 32.3 Å². The second kappa shape index (κ2) is 6.95. The van der Waals surface area contributed by atoms with Crippen LogP contribution in [0, 0.1) is 0 Å². The Morgan fingerprint density at radius 3 is 2.70 bits per heavy atom. The van der Waals surface area contributed by atoms with E-state index in [9.17, 15) is 18.0 Å². The van der Waals surface area contributed by atoms with Crippen molar-refractivity contribution in [2.75, 3.05) is 19.4 Å². The van der Waals surface area contributed by atoms with Crippen molar-refractivity contribution in [3.8, 4) is 0 Å². The van der Waals surface area contributed by atoms with Gasteiger partial charge in [0.1, 0.15) is 5.01 Å². The molecule has 1 N–H and O–H groups in total. The predicted molar refractivity (Wildman–Crippen MR) is 81.5 cm³/mol. The number of rotatable bonds is 5. The molecule has 23 heavy (non-hydrogen) atoms. The predicted octanol–water partition coefficient (Wildman–Crippen LogP) is 2.96. The number of anilines is 1. The maximum atomic E-state index is 12.3. The molecule has 5 nitrogen and oxygen atoms in total. The Balaban J connectivity index is 1.99. The van der Waals surface area contributed by atoms with Crippen molar-refractivity contribution in [3.05, 3.63) is 40.4 Å². The Morgan fingerprint density at radius 1 is 1.30 bits per heavy atom. The van der Waals surface area contributed by atoms with E-state index >= 15 is 0 Å². The summed E-state index contributed by atoms with van der Waals surface area (Å²) < 4.78 is 36.8. The summed E-state index contributed by atoms with van der Waals surface area (Å²) in [5, 5.41) is 10.3. The van der Waals surface area contributed by atoms with Crippen molar-refractivity contribution in [1.82, 2.24) is 15.1 Å². The van der Waals surface area contributed by atoms with Crippen molar-refractivity contribution >= 4 is 22.4 Å². The van der Waals surface area contributed by atoms with E-state index in [0.29, 0.717) is 17.2 Å². The van der Waals surface area contributed by atoms with Crippen molar-refractivity contribution in [2.24, 2.45) is 0 Å². The van der Waals surface area contributed by atoms with E-state index in [1.165, 1.54) is 4.90 Å². The highest BCUT2D eigenvalue weighted by Gasteiger charge is 2.29. The number of halogens is 3. The molecule has 0 saturated heterocycles. The van der Waals surface area contributed by atoms with Crippen molar-refractivity contribution in [3.63, 3.8) is 0 Å². The van der Waals surface area contributed by atoms with Crippen molar-refractivity contribution in [1.29, 1.82) is 0 Å². The number of nitrogens with zero attached hydrogens (tertiary/aromatic N) is 3. The van der Waals surface area contributed by atoms with Crippen LogP contribution < -0.4 is 5.32 Å². The van der Waals surface area contributed by atoms with Crippen LogP contribution in [0.2, 0.25) is 0 Å². The van der Waals surface area contributed by atoms with Crippen molar-refractivity contribution < 1.29 is 18.0 Å². The summed E-state index contributed by atoms with van der Waals surface area (Å²) in [4.78, 5) is 13.4. The molecule has 0 unspecified atom stereocenters. The summed E-state index contributed by atoms with van der Waals surface area (Å²) in [5.41, 5.74) is 1.37. The average Bonchev–Trinajstić information content (AvgIpc) is 2.90. The van der Waals surface area contributed by atoms with Gasteiger partial charge in [-0.25, -0.2) is 0 Å². The zero-order valence-electron chi connectivity index (χ0n) is 12.5. The van der Waals surface area contributed by atoms with E-state index < -0.39 is 12.6 Å². The fourth-order valence-corrected chi connectivity index (χ4v) is 2.58. The summed E-state index contributed by atoms with van der Waals surface area (Å²) in [6.07, 6.45) is -5.38. The van der Waals surface area contributed by atoms with Gasteiger partial charge in [-0.15, -0.1) is 10.2 Å². The molecule has 0 radical (unpaired) electrons. The van der Waals surface area contributed by atoms with Gasteiger partial charge in [0.15, 0.2) is 0 Å². The lowest BCUT2D eigenvalue weighted by atomic mass is 10.1. The topological polar surface area (TPSA) is 58.1 Å². The van der Waals surface area contributed by atoms with E-state index in [2.05, 4.69) is 15.5 Å². The minimum Gasteiger partial charge on any atom is -0.356 e. The molecule has 0 aliphatic rings. The third-order valence-corrected chi connectivity index (χ3v) is 3.72. The van der Waals surface area contributed by atoms with Gasteiger partial charge >= 0.3 is 6.18 Å². The van der Waals surface area contributed by atoms with E-state index in [-0.39, 0.29) is 10.9 Å². The quantitative estimate of drug-likeness (QED) is 0.906. The highest BCUT2D eigenvalue weighted by molar-refractivity contribution is 7.15. The van der Waals surface area contributed by atoms with Gasteiger partial charge in [-0.2, -0.15) is 13.2 Å². The molecular formula is C14H15F3N4OS. The molecule has 2 rings (SSSR count). The number of aromatic nitrogens is 2. The van der Waals surface area contributed by atoms with Crippen molar-refractivity contribution in [2.45, 2.75) is 19.1 Å². The molecule has 124 valence electrons. The number of carbonyl (C=O) groups is 1. The van der Waals surface area contributed by atoms with Gasteiger partial charge in [-0.05, 0) is 17.7 Å². The Hall–Kier alpha value is -2.16. The van der Waals surface area contributed by atoms with Crippen LogP contribution in [0.1, 0.15) is 20.9 Å². The number of hydrogen-bond donors (Lipinski definition) is 1. The highest BCUT2D eigenvalue weighted by Crippen LogP contribution is 2.25. The number of alkyl halides is 3. The largest absolute Gasteiger partial charge is 0.395 e. The lowest BCUT2D eigenvalue weighted by Crippen LogP contribution is -2.21. The molecule has 0 fully saturated rings. The van der Waals surface area contributed by atoms with Crippen LogP contribution in [0.5, 0.6) is 0 Å². The smallest absolute Gasteiger partial charge is 0.356 e. The first-order valence-electron chi connectivity index (χ1n) is 6.68. The first-order chi connectivity index (χ1) is 10.7. The molecule has 1 amide bonds. The van der Waals surface area contributed by atoms with Gasteiger partial charge in [0.05, 0.1) is 6.42 Å². The summed E-state index contributed by atoms with van der Waals surface area (Å²) in [6, 6.07) is 7.01. The van der Waals surface area contributed by atoms with E-state index in [0.717, 1.165) is 16.9 Å². The Kier molecular flexibility index (Phi) is 5.19. The molecule has 0 spiro atoms. The lowest BCUT2D eigenvalue weighted by Gasteiger charge is -2.11. The van der Waals surface area contributed by atoms with Gasteiger partial charge in [0.2, 0.25) is 5.13 Å².